The second-order valence-electron chi connectivity index (χ2n) is 13.1. The second-order valence-corrected chi connectivity index (χ2v) is 13.1. The zero-order valence-electron chi connectivity index (χ0n) is 25.0. The van der Waals surface area contributed by atoms with Crippen molar-refractivity contribution in [3.05, 3.63) is 0 Å². The Hall–Kier alpha value is -1.26. The van der Waals surface area contributed by atoms with E-state index < -0.39 is 0 Å². The number of rotatable bonds is 12. The number of hydrogen-bond acceptors (Lipinski definition) is 9. The van der Waals surface area contributed by atoms with E-state index in [0.29, 0.717) is 13.2 Å². The Morgan fingerprint density at radius 2 is 0.919 bits per heavy atom. The maximum Gasteiger partial charge on any atom is 0.332 e. The second kappa shape index (κ2) is 12.7. The Kier molecular flexibility index (Phi) is 11.0. The number of carbonyl (C=O) groups is 2. The van der Waals surface area contributed by atoms with Gasteiger partial charge in [-0.15, -0.1) is 0 Å². The van der Waals surface area contributed by atoms with Crippen molar-refractivity contribution in [1.29, 1.82) is 0 Å². The summed E-state index contributed by atoms with van der Waals surface area (Å²) in [7, 11) is 3.01. The molecule has 0 bridgehead atoms. The van der Waals surface area contributed by atoms with Gasteiger partial charge >= 0.3 is 11.9 Å². The van der Waals surface area contributed by atoms with Crippen LogP contribution in [0.1, 0.15) is 81.1 Å². The first-order valence-electron chi connectivity index (χ1n) is 13.5. The monoisotopic (exact) mass is 528 g/mol. The van der Waals surface area contributed by atoms with Crippen molar-refractivity contribution in [1.82, 2.24) is 9.80 Å². The van der Waals surface area contributed by atoms with Gasteiger partial charge in [0.25, 0.3) is 0 Å². The van der Waals surface area contributed by atoms with Gasteiger partial charge in [0, 0.05) is 75.1 Å². The summed E-state index contributed by atoms with van der Waals surface area (Å²) in [6.07, 6.45) is 2.86. The Balaban J connectivity index is 1.87. The summed E-state index contributed by atoms with van der Waals surface area (Å²) in [6, 6.07) is 0. The molecule has 0 unspecified atom stereocenters. The summed E-state index contributed by atoms with van der Waals surface area (Å²) in [5.74, 6) is -0.613. The number of esters is 2. The normalized spacial score (nSPS) is 24.1. The molecule has 0 amide bonds. The Morgan fingerprint density at radius 1 is 0.622 bits per heavy atom. The first-order valence-corrected chi connectivity index (χ1v) is 13.5. The zero-order chi connectivity index (χ0) is 28.1. The standard InChI is InChI=1S/C28H52N2O7/c1-25(2)15-21(36-23(31)19-33-9)16-26(3,4)29(25)11-13-35-14-12-30-27(5,6)17-22(18-28(30,7)8)37-24(32)20-34-10/h21-22H,11-20H2,1-10H3. The third-order valence-corrected chi connectivity index (χ3v) is 7.87. The number of likely N-dealkylation sites (tertiary alicyclic amines) is 2. The van der Waals surface area contributed by atoms with Gasteiger partial charge in [-0.3, -0.25) is 9.80 Å². The minimum absolute atomic E-state index is 0.0147. The number of methoxy groups -OCH3 is 2. The van der Waals surface area contributed by atoms with Crippen LogP contribution in [0.4, 0.5) is 0 Å². The predicted molar refractivity (Wildman–Crippen MR) is 143 cm³/mol. The summed E-state index contributed by atoms with van der Waals surface area (Å²) in [5, 5.41) is 0. The highest BCUT2D eigenvalue weighted by molar-refractivity contribution is 5.71. The molecule has 2 saturated heterocycles. The van der Waals surface area contributed by atoms with E-state index in [1.54, 1.807) is 0 Å². The van der Waals surface area contributed by atoms with Crippen LogP contribution in [0.5, 0.6) is 0 Å². The minimum Gasteiger partial charge on any atom is -0.461 e. The van der Waals surface area contributed by atoms with Gasteiger partial charge in [-0.2, -0.15) is 0 Å². The Labute approximate surface area is 224 Å². The first kappa shape index (κ1) is 32.0. The molecule has 0 aromatic heterocycles. The smallest absolute Gasteiger partial charge is 0.332 e. The van der Waals surface area contributed by atoms with E-state index in [4.69, 9.17) is 23.7 Å². The number of nitrogens with zero attached hydrogens (tertiary/aromatic N) is 2. The fourth-order valence-corrected chi connectivity index (χ4v) is 6.92. The van der Waals surface area contributed by atoms with Crippen LogP contribution in [-0.2, 0) is 33.3 Å². The molecule has 2 heterocycles. The summed E-state index contributed by atoms with van der Waals surface area (Å²) in [5.41, 5.74) is -0.519. The average molecular weight is 529 g/mol. The highest BCUT2D eigenvalue weighted by Gasteiger charge is 2.47. The number of ether oxygens (including phenoxy) is 5. The Bertz CT molecular complexity index is 668. The topological polar surface area (TPSA) is 86.8 Å². The van der Waals surface area contributed by atoms with Crippen LogP contribution in [0.2, 0.25) is 0 Å². The predicted octanol–water partition coefficient (Wildman–Crippen LogP) is 3.43. The van der Waals surface area contributed by atoms with Crippen LogP contribution >= 0.6 is 0 Å². The lowest BCUT2D eigenvalue weighted by molar-refractivity contribution is -0.165. The lowest BCUT2D eigenvalue weighted by Crippen LogP contribution is -2.63. The third-order valence-electron chi connectivity index (χ3n) is 7.87. The molecule has 2 aliphatic rings. The summed E-state index contributed by atoms with van der Waals surface area (Å²) < 4.78 is 27.4. The number of hydrogen-bond donors (Lipinski definition) is 0. The van der Waals surface area contributed by atoms with Gasteiger partial charge in [-0.05, 0) is 55.4 Å². The van der Waals surface area contributed by atoms with Gasteiger partial charge in [-0.25, -0.2) is 9.59 Å². The van der Waals surface area contributed by atoms with Crippen LogP contribution in [0.3, 0.4) is 0 Å². The van der Waals surface area contributed by atoms with E-state index in [-0.39, 0.29) is 59.5 Å². The maximum absolute atomic E-state index is 12.0. The molecule has 2 rings (SSSR count). The molecule has 37 heavy (non-hydrogen) atoms. The fourth-order valence-electron chi connectivity index (χ4n) is 6.92. The third kappa shape index (κ3) is 8.88. The molecule has 2 fully saturated rings. The van der Waals surface area contributed by atoms with Gasteiger partial charge in [0.2, 0.25) is 0 Å². The van der Waals surface area contributed by atoms with E-state index in [0.717, 1.165) is 38.8 Å². The van der Waals surface area contributed by atoms with E-state index in [1.165, 1.54) is 14.2 Å². The molecule has 0 N–H and O–H groups in total. The molecule has 9 heteroatoms. The van der Waals surface area contributed by atoms with Crippen molar-refractivity contribution >= 4 is 11.9 Å². The summed E-state index contributed by atoms with van der Waals surface area (Å²) >= 11 is 0. The summed E-state index contributed by atoms with van der Waals surface area (Å²) in [4.78, 5) is 28.9. The van der Waals surface area contributed by atoms with Crippen molar-refractivity contribution in [2.75, 3.05) is 53.7 Å². The van der Waals surface area contributed by atoms with E-state index in [2.05, 4.69) is 65.2 Å². The lowest BCUT2D eigenvalue weighted by atomic mass is 9.78. The number of carbonyl (C=O) groups excluding carboxylic acids is 2. The van der Waals surface area contributed by atoms with Crippen molar-refractivity contribution in [3.8, 4) is 0 Å². The van der Waals surface area contributed by atoms with E-state index in [9.17, 15) is 9.59 Å². The highest BCUT2D eigenvalue weighted by Crippen LogP contribution is 2.40. The molecular formula is C28H52N2O7. The van der Waals surface area contributed by atoms with Crippen LogP contribution < -0.4 is 0 Å². The lowest BCUT2D eigenvalue weighted by Gasteiger charge is -2.55. The fraction of sp³-hybridized carbons (Fsp3) is 0.929. The molecular weight excluding hydrogens is 476 g/mol. The van der Waals surface area contributed by atoms with Gasteiger partial charge in [0.05, 0.1) is 13.2 Å². The molecule has 0 aromatic rings. The highest BCUT2D eigenvalue weighted by atomic mass is 16.6. The van der Waals surface area contributed by atoms with Crippen LogP contribution in [0.25, 0.3) is 0 Å². The van der Waals surface area contributed by atoms with Gasteiger partial charge in [-0.1, -0.05) is 0 Å². The molecule has 0 spiro atoms. The van der Waals surface area contributed by atoms with Crippen LogP contribution in [0.15, 0.2) is 0 Å². The first-order chi connectivity index (χ1) is 17.0. The van der Waals surface area contributed by atoms with Crippen molar-refractivity contribution < 1.29 is 33.3 Å². The van der Waals surface area contributed by atoms with E-state index >= 15 is 0 Å². The Morgan fingerprint density at radius 3 is 1.19 bits per heavy atom. The summed E-state index contributed by atoms with van der Waals surface area (Å²) in [6.45, 7) is 20.5. The van der Waals surface area contributed by atoms with Gasteiger partial charge in [0.1, 0.15) is 25.4 Å². The molecule has 0 aliphatic carbocycles. The quantitative estimate of drug-likeness (QED) is 0.279. The average Bonchev–Trinajstić information content (AvgIpc) is 2.69. The van der Waals surface area contributed by atoms with Crippen LogP contribution in [-0.4, -0.2) is 110 Å². The minimum atomic E-state index is -0.307. The van der Waals surface area contributed by atoms with Crippen molar-refractivity contribution in [2.24, 2.45) is 0 Å². The molecule has 9 nitrogen and oxygen atoms in total. The molecule has 2 aliphatic heterocycles. The molecule has 216 valence electrons. The van der Waals surface area contributed by atoms with Crippen molar-refractivity contribution in [2.45, 2.75) is 115 Å². The SMILES string of the molecule is COCC(=O)OC1CC(C)(C)N(CCOCCN2C(C)(C)CC(OC(=O)COC)CC2(C)C)C(C)(C)C1. The van der Waals surface area contributed by atoms with E-state index in [1.807, 2.05) is 0 Å². The number of piperidine rings is 2. The van der Waals surface area contributed by atoms with Gasteiger partial charge < -0.3 is 23.7 Å². The molecule has 0 radical (unpaired) electrons. The largest absolute Gasteiger partial charge is 0.461 e. The van der Waals surface area contributed by atoms with Gasteiger partial charge in [0.15, 0.2) is 0 Å². The molecule has 0 atom stereocenters. The molecule has 0 saturated carbocycles. The van der Waals surface area contributed by atoms with Crippen LogP contribution in [0, 0.1) is 0 Å². The zero-order valence-corrected chi connectivity index (χ0v) is 25.0. The van der Waals surface area contributed by atoms with Crippen molar-refractivity contribution in [3.63, 3.8) is 0 Å². The molecule has 0 aromatic carbocycles. The maximum atomic E-state index is 12.0.